The second kappa shape index (κ2) is 8.86. The van der Waals surface area contributed by atoms with Crippen molar-refractivity contribution in [1.82, 2.24) is 15.2 Å². The van der Waals surface area contributed by atoms with Crippen LogP contribution in [0.3, 0.4) is 0 Å². The summed E-state index contributed by atoms with van der Waals surface area (Å²) in [6.07, 6.45) is 2.02. The summed E-state index contributed by atoms with van der Waals surface area (Å²) in [6.45, 7) is 0.646. The van der Waals surface area contributed by atoms with Gasteiger partial charge in [-0.15, -0.1) is 11.3 Å². The summed E-state index contributed by atoms with van der Waals surface area (Å²) in [5, 5.41) is 3.73. The molecular formula is C21H17N3O2S3. The van der Waals surface area contributed by atoms with E-state index in [1.807, 2.05) is 60.7 Å². The van der Waals surface area contributed by atoms with Crippen molar-refractivity contribution in [2.24, 2.45) is 0 Å². The highest BCUT2D eigenvalue weighted by Crippen LogP contribution is 2.32. The van der Waals surface area contributed by atoms with Crippen LogP contribution < -0.4 is 5.32 Å². The molecule has 1 aliphatic heterocycles. The molecule has 8 heteroatoms. The van der Waals surface area contributed by atoms with Gasteiger partial charge in [0.15, 0.2) is 0 Å². The van der Waals surface area contributed by atoms with E-state index in [0.29, 0.717) is 15.8 Å². The number of nitrogens with one attached hydrogen (secondary N) is 1. The summed E-state index contributed by atoms with van der Waals surface area (Å²) in [5.41, 5.74) is 1.88. The van der Waals surface area contributed by atoms with Gasteiger partial charge in [0.25, 0.3) is 5.91 Å². The Labute approximate surface area is 181 Å². The van der Waals surface area contributed by atoms with E-state index in [9.17, 15) is 9.59 Å². The van der Waals surface area contributed by atoms with Gasteiger partial charge in [0, 0.05) is 13.0 Å². The van der Waals surface area contributed by atoms with Gasteiger partial charge in [-0.05, 0) is 23.8 Å². The van der Waals surface area contributed by atoms with Crippen molar-refractivity contribution in [3.05, 3.63) is 70.1 Å². The summed E-state index contributed by atoms with van der Waals surface area (Å²) in [5.74, 6) is -0.284. The van der Waals surface area contributed by atoms with E-state index in [1.165, 1.54) is 16.7 Å². The first-order valence-electron chi connectivity index (χ1n) is 9.02. The number of thiazole rings is 1. The van der Waals surface area contributed by atoms with E-state index in [4.69, 9.17) is 12.2 Å². The zero-order chi connectivity index (χ0) is 20.2. The molecule has 2 aromatic carbocycles. The fraction of sp³-hybridized carbons (Fsp3) is 0.143. The number of carbonyl (C=O) groups is 2. The fourth-order valence-corrected chi connectivity index (χ4v) is 5.08. The van der Waals surface area contributed by atoms with Gasteiger partial charge in [-0.25, -0.2) is 4.98 Å². The van der Waals surface area contributed by atoms with Gasteiger partial charge in [0.05, 0.1) is 21.7 Å². The zero-order valence-electron chi connectivity index (χ0n) is 15.3. The largest absolute Gasteiger partial charge is 0.350 e. The number of carbonyl (C=O) groups excluding carboxylic acids is 2. The van der Waals surface area contributed by atoms with Crippen LogP contribution >= 0.6 is 35.3 Å². The van der Waals surface area contributed by atoms with Crippen molar-refractivity contribution in [2.45, 2.75) is 13.0 Å². The van der Waals surface area contributed by atoms with Gasteiger partial charge >= 0.3 is 0 Å². The minimum Gasteiger partial charge on any atom is -0.350 e. The minimum atomic E-state index is -0.150. The fourth-order valence-electron chi connectivity index (χ4n) is 2.86. The summed E-state index contributed by atoms with van der Waals surface area (Å²) in [6, 6.07) is 17.5. The maximum atomic E-state index is 12.6. The number of rotatable bonds is 6. The van der Waals surface area contributed by atoms with Crippen LogP contribution in [0.25, 0.3) is 16.3 Å². The van der Waals surface area contributed by atoms with Crippen molar-refractivity contribution < 1.29 is 9.59 Å². The van der Waals surface area contributed by atoms with Gasteiger partial charge in [-0.2, -0.15) is 0 Å². The van der Waals surface area contributed by atoms with Crippen molar-refractivity contribution >= 4 is 67.7 Å². The summed E-state index contributed by atoms with van der Waals surface area (Å²) < 4.78 is 1.58. The van der Waals surface area contributed by atoms with Crippen molar-refractivity contribution in [3.8, 4) is 0 Å². The molecule has 1 N–H and O–H groups in total. The minimum absolute atomic E-state index is 0.134. The lowest BCUT2D eigenvalue weighted by molar-refractivity contribution is -0.123. The molecule has 1 fully saturated rings. The van der Waals surface area contributed by atoms with Crippen LogP contribution in [0, 0.1) is 0 Å². The number of thioether (sulfide) groups is 1. The molecule has 5 nitrogen and oxygen atoms in total. The molecule has 0 aliphatic carbocycles. The van der Waals surface area contributed by atoms with E-state index in [1.54, 1.807) is 11.3 Å². The highest BCUT2D eigenvalue weighted by atomic mass is 32.2. The Hall–Kier alpha value is -2.55. The van der Waals surface area contributed by atoms with Crippen molar-refractivity contribution in [1.29, 1.82) is 0 Å². The van der Waals surface area contributed by atoms with Crippen molar-refractivity contribution in [2.75, 3.05) is 6.54 Å². The van der Waals surface area contributed by atoms with Crippen molar-refractivity contribution in [3.63, 3.8) is 0 Å². The Morgan fingerprint density at radius 1 is 1.14 bits per heavy atom. The predicted octanol–water partition coefficient (Wildman–Crippen LogP) is 4.20. The van der Waals surface area contributed by atoms with Gasteiger partial charge in [0.2, 0.25) is 5.91 Å². The van der Waals surface area contributed by atoms with E-state index >= 15 is 0 Å². The molecule has 2 amide bonds. The zero-order valence-corrected chi connectivity index (χ0v) is 17.8. The molecule has 0 saturated carbocycles. The van der Waals surface area contributed by atoms with Crippen LogP contribution in [0.2, 0.25) is 0 Å². The molecule has 0 spiro atoms. The van der Waals surface area contributed by atoms with Crippen LogP contribution in [-0.2, 0) is 16.1 Å². The van der Waals surface area contributed by atoms with Crippen LogP contribution in [0.15, 0.2) is 59.5 Å². The molecule has 2 heterocycles. The third-order valence-corrected chi connectivity index (χ3v) is 6.72. The molecule has 0 radical (unpaired) electrons. The van der Waals surface area contributed by atoms with Crippen LogP contribution in [0.5, 0.6) is 0 Å². The first kappa shape index (κ1) is 19.8. The molecule has 4 rings (SSSR count). The number of nitrogens with zero attached hydrogens (tertiary/aromatic N) is 2. The summed E-state index contributed by atoms with van der Waals surface area (Å²) >= 11 is 8.16. The molecule has 0 bridgehead atoms. The Bertz CT molecular complexity index is 1080. The second-order valence-electron chi connectivity index (χ2n) is 6.35. The maximum Gasteiger partial charge on any atom is 0.266 e. The molecule has 3 aromatic rings. The topological polar surface area (TPSA) is 62.3 Å². The van der Waals surface area contributed by atoms with Crippen LogP contribution in [0.1, 0.15) is 17.0 Å². The van der Waals surface area contributed by atoms with Gasteiger partial charge < -0.3 is 5.32 Å². The highest BCUT2D eigenvalue weighted by molar-refractivity contribution is 8.26. The molecule has 1 aromatic heterocycles. The number of amides is 2. The lowest BCUT2D eigenvalue weighted by Crippen LogP contribution is -2.33. The number of fused-ring (bicyclic) bond motifs is 1. The first-order chi connectivity index (χ1) is 14.1. The molecule has 0 atom stereocenters. The Kier molecular flexibility index (Phi) is 6.03. The maximum absolute atomic E-state index is 12.6. The van der Waals surface area contributed by atoms with Crippen LogP contribution in [0.4, 0.5) is 0 Å². The van der Waals surface area contributed by atoms with E-state index in [2.05, 4.69) is 10.3 Å². The van der Waals surface area contributed by atoms with Crippen LogP contribution in [-0.4, -0.2) is 32.6 Å². The second-order valence-corrected chi connectivity index (χ2v) is 9.14. The predicted molar refractivity (Wildman–Crippen MR) is 122 cm³/mol. The Morgan fingerprint density at radius 2 is 1.90 bits per heavy atom. The Balaban J connectivity index is 1.31. The molecule has 1 aliphatic rings. The average Bonchev–Trinajstić information content (AvgIpc) is 3.26. The Morgan fingerprint density at radius 3 is 2.69 bits per heavy atom. The van der Waals surface area contributed by atoms with E-state index in [0.717, 1.165) is 20.8 Å². The number of aromatic nitrogens is 1. The smallest absolute Gasteiger partial charge is 0.266 e. The lowest BCUT2D eigenvalue weighted by Gasteiger charge is -2.13. The number of para-hydroxylation sites is 1. The average molecular weight is 440 g/mol. The molecule has 1 saturated heterocycles. The van der Waals surface area contributed by atoms with Gasteiger partial charge in [-0.1, -0.05) is 66.4 Å². The standard InChI is InChI=1S/C21H17N3O2S3/c25-18(22-13-19-23-15-8-4-5-9-16(15)28-19)10-11-24-20(26)17(29-21(24)27)12-14-6-2-1-3-7-14/h1-9,12H,10-11,13H2,(H,22,25)/b17-12-. The third-order valence-electron chi connectivity index (χ3n) is 4.31. The number of thiocarbonyl (C=S) groups is 1. The lowest BCUT2D eigenvalue weighted by atomic mass is 10.2. The molecular weight excluding hydrogens is 422 g/mol. The number of hydrogen-bond donors (Lipinski definition) is 1. The third kappa shape index (κ3) is 4.72. The summed E-state index contributed by atoms with van der Waals surface area (Å²) in [7, 11) is 0. The van der Waals surface area contributed by atoms with E-state index in [-0.39, 0.29) is 24.8 Å². The number of hydrogen-bond acceptors (Lipinski definition) is 6. The summed E-state index contributed by atoms with van der Waals surface area (Å²) in [4.78, 5) is 31.4. The molecule has 146 valence electrons. The SMILES string of the molecule is O=C(CCN1C(=O)/C(=C/c2ccccc2)SC1=S)NCc1nc2ccccc2s1. The quantitative estimate of drug-likeness (QED) is 0.461. The molecule has 29 heavy (non-hydrogen) atoms. The molecule has 0 unspecified atom stereocenters. The normalized spacial score (nSPS) is 15.4. The monoisotopic (exact) mass is 439 g/mol. The van der Waals surface area contributed by atoms with E-state index < -0.39 is 0 Å². The number of benzene rings is 2. The van der Waals surface area contributed by atoms with Gasteiger partial charge in [-0.3, -0.25) is 14.5 Å². The highest BCUT2D eigenvalue weighted by Gasteiger charge is 2.32. The first-order valence-corrected chi connectivity index (χ1v) is 11.1. The van der Waals surface area contributed by atoms with Gasteiger partial charge in [0.1, 0.15) is 9.33 Å².